The van der Waals surface area contributed by atoms with Crippen LogP contribution in [0.4, 0.5) is 0 Å². The van der Waals surface area contributed by atoms with Gasteiger partial charge in [0.2, 0.25) is 0 Å². The molecule has 0 bridgehead atoms. The molecule has 1 heterocycles. The highest BCUT2D eigenvalue weighted by atomic mass is 16.5. The molecule has 0 N–H and O–H groups in total. The van der Waals surface area contributed by atoms with Crippen molar-refractivity contribution in [3.8, 4) is 0 Å². The molecule has 142 valence electrons. The number of fused-ring (bicyclic) bond motifs is 6. The fourth-order valence-corrected chi connectivity index (χ4v) is 9.48. The summed E-state index contributed by atoms with van der Waals surface area (Å²) in [5, 5.41) is 0. The topological polar surface area (TPSA) is 9.23 Å². The maximum atomic E-state index is 6.80. The summed E-state index contributed by atoms with van der Waals surface area (Å²) in [6.07, 6.45) is 17.5. The van der Waals surface area contributed by atoms with Crippen molar-refractivity contribution >= 4 is 0 Å². The predicted octanol–water partition coefficient (Wildman–Crippen LogP) is 6.60. The Balaban J connectivity index is 1.57. The molecular weight excluding hydrogens is 304 g/mol. The normalized spacial score (nSPS) is 58.0. The molecule has 0 radical (unpaired) electrons. The van der Waals surface area contributed by atoms with Crippen molar-refractivity contribution in [2.45, 2.75) is 103 Å². The Labute approximate surface area is 155 Å². The summed E-state index contributed by atoms with van der Waals surface area (Å²) in [5.74, 6) is 4.85. The Hall–Kier alpha value is -0.0400. The standard InChI is InChI=1S/C24H40O/c1-4-17-10-12-20-19-11-9-18-8-5-6-13-22(18,2)21(19)16-24(23(17,20)3)14-7-15-25-24/h17-21H,4-16H2,1-3H3/t17?,18?,19?,20?,21?,22?,23-,24?/m1/s1. The van der Waals surface area contributed by atoms with Crippen molar-refractivity contribution in [3.63, 3.8) is 0 Å². The molecule has 1 nitrogen and oxygen atoms in total. The minimum atomic E-state index is 0.234. The summed E-state index contributed by atoms with van der Waals surface area (Å²) in [4.78, 5) is 0. The molecule has 1 saturated heterocycles. The smallest absolute Gasteiger partial charge is 0.0745 e. The van der Waals surface area contributed by atoms with E-state index in [1.807, 2.05) is 0 Å². The van der Waals surface area contributed by atoms with Crippen LogP contribution < -0.4 is 0 Å². The van der Waals surface area contributed by atoms with E-state index in [1.54, 1.807) is 0 Å². The van der Waals surface area contributed by atoms with Crippen molar-refractivity contribution in [2.24, 2.45) is 40.4 Å². The first kappa shape index (κ1) is 17.1. The van der Waals surface area contributed by atoms with Crippen LogP contribution in [0.15, 0.2) is 0 Å². The average Bonchev–Trinajstić information content (AvgIpc) is 3.22. The molecule has 1 aliphatic heterocycles. The fourth-order valence-electron chi connectivity index (χ4n) is 9.48. The van der Waals surface area contributed by atoms with Gasteiger partial charge in [0.05, 0.1) is 5.60 Å². The Bertz CT molecular complexity index is 520. The van der Waals surface area contributed by atoms with Gasteiger partial charge in [0.25, 0.3) is 0 Å². The van der Waals surface area contributed by atoms with E-state index in [0.717, 1.165) is 36.2 Å². The van der Waals surface area contributed by atoms with Gasteiger partial charge in [-0.05, 0) is 92.8 Å². The van der Waals surface area contributed by atoms with Gasteiger partial charge >= 0.3 is 0 Å². The summed E-state index contributed by atoms with van der Waals surface area (Å²) in [5.41, 5.74) is 1.33. The molecule has 8 atom stereocenters. The maximum Gasteiger partial charge on any atom is 0.0745 e. The molecule has 1 spiro atoms. The first-order valence-corrected chi connectivity index (χ1v) is 11.7. The molecule has 0 aromatic heterocycles. The molecule has 0 aromatic rings. The number of hydrogen-bond donors (Lipinski definition) is 0. The van der Waals surface area contributed by atoms with Crippen LogP contribution in [0.1, 0.15) is 97.8 Å². The maximum absolute atomic E-state index is 6.80. The van der Waals surface area contributed by atoms with E-state index in [0.29, 0.717) is 10.8 Å². The van der Waals surface area contributed by atoms with Crippen LogP contribution >= 0.6 is 0 Å². The number of rotatable bonds is 1. The van der Waals surface area contributed by atoms with E-state index in [9.17, 15) is 0 Å². The van der Waals surface area contributed by atoms with Crippen LogP contribution in [-0.4, -0.2) is 12.2 Å². The lowest BCUT2D eigenvalue weighted by molar-refractivity contribution is -0.222. The summed E-state index contributed by atoms with van der Waals surface area (Å²) < 4.78 is 6.80. The Morgan fingerprint density at radius 1 is 0.880 bits per heavy atom. The number of ether oxygens (including phenoxy) is 1. The van der Waals surface area contributed by atoms with E-state index in [2.05, 4.69) is 20.8 Å². The summed E-state index contributed by atoms with van der Waals surface area (Å²) >= 11 is 0. The average molecular weight is 345 g/mol. The lowest BCUT2D eigenvalue weighted by atomic mass is 9.41. The molecule has 4 aliphatic carbocycles. The van der Waals surface area contributed by atoms with Gasteiger partial charge in [0, 0.05) is 12.0 Å². The largest absolute Gasteiger partial charge is 0.374 e. The van der Waals surface area contributed by atoms with Gasteiger partial charge < -0.3 is 4.74 Å². The SMILES string of the molecule is CCC1CCC2C3CCC4CCCCC4(C)C3CC3(CCCO3)[C@]12C. The highest BCUT2D eigenvalue weighted by Crippen LogP contribution is 2.72. The van der Waals surface area contributed by atoms with Crippen molar-refractivity contribution in [1.29, 1.82) is 0 Å². The van der Waals surface area contributed by atoms with Gasteiger partial charge in [-0.25, -0.2) is 0 Å². The van der Waals surface area contributed by atoms with Gasteiger partial charge in [-0.2, -0.15) is 0 Å². The lowest BCUT2D eigenvalue weighted by Gasteiger charge is -2.65. The van der Waals surface area contributed by atoms with E-state index in [1.165, 1.54) is 77.0 Å². The first-order chi connectivity index (χ1) is 12.1. The second kappa shape index (κ2) is 5.73. The van der Waals surface area contributed by atoms with Gasteiger partial charge in [-0.1, -0.05) is 40.0 Å². The lowest BCUT2D eigenvalue weighted by Crippen LogP contribution is -2.63. The third-order valence-electron chi connectivity index (χ3n) is 10.8. The van der Waals surface area contributed by atoms with Crippen molar-refractivity contribution in [2.75, 3.05) is 6.61 Å². The zero-order valence-corrected chi connectivity index (χ0v) is 17.0. The minimum absolute atomic E-state index is 0.234. The summed E-state index contributed by atoms with van der Waals surface area (Å²) in [6, 6.07) is 0. The van der Waals surface area contributed by atoms with Crippen LogP contribution in [0.2, 0.25) is 0 Å². The summed E-state index contributed by atoms with van der Waals surface area (Å²) in [7, 11) is 0. The van der Waals surface area contributed by atoms with E-state index in [4.69, 9.17) is 4.74 Å². The van der Waals surface area contributed by atoms with Gasteiger partial charge in [0.1, 0.15) is 0 Å². The van der Waals surface area contributed by atoms with E-state index >= 15 is 0 Å². The molecule has 0 aromatic carbocycles. The Kier molecular flexibility index (Phi) is 3.91. The molecule has 5 aliphatic rings. The minimum Gasteiger partial charge on any atom is -0.374 e. The van der Waals surface area contributed by atoms with Crippen LogP contribution in [-0.2, 0) is 4.74 Å². The van der Waals surface area contributed by atoms with Crippen molar-refractivity contribution < 1.29 is 4.74 Å². The second-order valence-electron chi connectivity index (χ2n) is 11.0. The molecule has 25 heavy (non-hydrogen) atoms. The van der Waals surface area contributed by atoms with Crippen LogP contribution in [0.3, 0.4) is 0 Å². The third kappa shape index (κ3) is 2.06. The summed E-state index contributed by atoms with van der Waals surface area (Å²) in [6.45, 7) is 8.89. The van der Waals surface area contributed by atoms with Crippen LogP contribution in [0, 0.1) is 40.4 Å². The monoisotopic (exact) mass is 344 g/mol. The molecule has 7 unspecified atom stereocenters. The van der Waals surface area contributed by atoms with Crippen molar-refractivity contribution in [1.82, 2.24) is 0 Å². The van der Waals surface area contributed by atoms with E-state index in [-0.39, 0.29) is 5.60 Å². The Morgan fingerprint density at radius 2 is 1.76 bits per heavy atom. The van der Waals surface area contributed by atoms with Gasteiger partial charge in [-0.3, -0.25) is 0 Å². The molecular formula is C24H40O. The highest BCUT2D eigenvalue weighted by Gasteiger charge is 2.69. The number of hydrogen-bond acceptors (Lipinski definition) is 1. The fraction of sp³-hybridized carbons (Fsp3) is 1.00. The quantitative estimate of drug-likeness (QED) is 0.520. The van der Waals surface area contributed by atoms with E-state index < -0.39 is 0 Å². The molecule has 1 heteroatoms. The van der Waals surface area contributed by atoms with Crippen LogP contribution in [0.25, 0.3) is 0 Å². The predicted molar refractivity (Wildman–Crippen MR) is 103 cm³/mol. The van der Waals surface area contributed by atoms with Crippen LogP contribution in [0.5, 0.6) is 0 Å². The van der Waals surface area contributed by atoms with Gasteiger partial charge in [0.15, 0.2) is 0 Å². The molecule has 0 amide bonds. The first-order valence-electron chi connectivity index (χ1n) is 11.7. The third-order valence-corrected chi connectivity index (χ3v) is 10.8. The zero-order valence-electron chi connectivity index (χ0n) is 17.0. The molecule has 5 rings (SSSR count). The highest BCUT2D eigenvalue weighted by molar-refractivity contribution is 5.18. The second-order valence-corrected chi connectivity index (χ2v) is 11.0. The molecule has 4 saturated carbocycles. The molecule has 5 fully saturated rings. The Morgan fingerprint density at radius 3 is 2.52 bits per heavy atom. The van der Waals surface area contributed by atoms with Crippen molar-refractivity contribution in [3.05, 3.63) is 0 Å². The zero-order chi connectivity index (χ0) is 17.3. The van der Waals surface area contributed by atoms with Gasteiger partial charge in [-0.15, -0.1) is 0 Å².